The van der Waals surface area contributed by atoms with Crippen molar-refractivity contribution >= 4 is 29.5 Å². The molecule has 0 aromatic rings. The van der Waals surface area contributed by atoms with E-state index in [2.05, 4.69) is 13.5 Å². The standard InChI is InChI=1S/C26H42N2O5S/c1-7-11-15-27(14-8-2)23(31)21-26-13-12-25(6,34-26)20(24(32)33-10-4)19(26)22(30)28(21)18(16-29)17(5)9-3/h8,17-21,29H,2,7,9-16H2,1,3-6H3/t17-,18-,19-,20+,21?,25-,26?/m0/s1. The van der Waals surface area contributed by atoms with Crippen LogP contribution in [-0.2, 0) is 19.1 Å². The van der Waals surface area contributed by atoms with Gasteiger partial charge in [-0.2, -0.15) is 0 Å². The fourth-order valence-electron chi connectivity index (χ4n) is 6.37. The number of hydrogen-bond acceptors (Lipinski definition) is 6. The van der Waals surface area contributed by atoms with E-state index < -0.39 is 33.4 Å². The average Bonchev–Trinajstić information content (AvgIpc) is 3.38. The predicted octanol–water partition coefficient (Wildman–Crippen LogP) is 3.25. The van der Waals surface area contributed by atoms with Crippen molar-refractivity contribution in [2.75, 3.05) is 26.3 Å². The Labute approximate surface area is 208 Å². The van der Waals surface area contributed by atoms with Crippen LogP contribution in [0.2, 0.25) is 0 Å². The lowest BCUT2D eigenvalue weighted by molar-refractivity contribution is -0.156. The molecule has 7 nitrogen and oxygen atoms in total. The third kappa shape index (κ3) is 4.19. The fourth-order valence-corrected chi connectivity index (χ4v) is 8.70. The van der Waals surface area contributed by atoms with Crippen molar-refractivity contribution < 1.29 is 24.2 Å². The van der Waals surface area contributed by atoms with Crippen molar-refractivity contribution in [2.24, 2.45) is 17.8 Å². The number of ether oxygens (including phenoxy) is 1. The van der Waals surface area contributed by atoms with Gasteiger partial charge in [0, 0.05) is 17.8 Å². The van der Waals surface area contributed by atoms with Crippen molar-refractivity contribution in [2.45, 2.75) is 88.3 Å². The lowest BCUT2D eigenvalue weighted by Gasteiger charge is -2.41. The normalized spacial score (nSPS) is 33.5. The number of carbonyl (C=O) groups is 3. The van der Waals surface area contributed by atoms with Crippen molar-refractivity contribution in [1.82, 2.24) is 9.80 Å². The average molecular weight is 495 g/mol. The highest BCUT2D eigenvalue weighted by molar-refractivity contribution is 8.02. The van der Waals surface area contributed by atoms with Crippen LogP contribution in [0.25, 0.3) is 0 Å². The number of rotatable bonds is 12. The highest BCUT2D eigenvalue weighted by atomic mass is 32.2. The molecule has 0 saturated carbocycles. The number of likely N-dealkylation sites (tertiary alicyclic amines) is 1. The van der Waals surface area contributed by atoms with Crippen LogP contribution in [0, 0.1) is 17.8 Å². The first-order valence-corrected chi connectivity index (χ1v) is 13.7. The van der Waals surface area contributed by atoms with Gasteiger partial charge in [-0.25, -0.2) is 0 Å². The molecule has 3 aliphatic rings. The molecule has 1 N–H and O–H groups in total. The Morgan fingerprint density at radius 2 is 2.06 bits per heavy atom. The van der Waals surface area contributed by atoms with E-state index in [-0.39, 0.29) is 36.9 Å². The molecule has 3 heterocycles. The number of aliphatic hydroxyl groups is 1. The molecule has 0 aliphatic carbocycles. The van der Waals surface area contributed by atoms with Gasteiger partial charge in [0.15, 0.2) is 0 Å². The number of esters is 1. The molecule has 3 rings (SSSR count). The summed E-state index contributed by atoms with van der Waals surface area (Å²) in [6.07, 6.45) is 5.76. The van der Waals surface area contributed by atoms with Crippen LogP contribution in [0.5, 0.6) is 0 Å². The first-order chi connectivity index (χ1) is 16.2. The highest BCUT2D eigenvalue weighted by Crippen LogP contribution is 2.72. The lowest BCUT2D eigenvalue weighted by atomic mass is 9.66. The van der Waals surface area contributed by atoms with Crippen LogP contribution in [0.1, 0.15) is 66.7 Å². The van der Waals surface area contributed by atoms with Crippen molar-refractivity contribution in [3.63, 3.8) is 0 Å². The molecular weight excluding hydrogens is 452 g/mol. The Hall–Kier alpha value is -1.54. The molecule has 0 aromatic carbocycles. The van der Waals surface area contributed by atoms with Crippen molar-refractivity contribution in [3.8, 4) is 0 Å². The maximum Gasteiger partial charge on any atom is 0.311 e. The summed E-state index contributed by atoms with van der Waals surface area (Å²) in [7, 11) is 0. The van der Waals surface area contributed by atoms with E-state index >= 15 is 0 Å². The van der Waals surface area contributed by atoms with E-state index in [9.17, 15) is 19.5 Å². The number of hydrogen-bond donors (Lipinski definition) is 1. The minimum absolute atomic E-state index is 0.0156. The first kappa shape index (κ1) is 27.1. The first-order valence-electron chi connectivity index (χ1n) is 12.9. The number of fused-ring (bicyclic) bond motifs is 1. The van der Waals surface area contributed by atoms with E-state index in [0.29, 0.717) is 19.5 Å². The summed E-state index contributed by atoms with van der Waals surface area (Å²) in [4.78, 5) is 45.0. The van der Waals surface area contributed by atoms with Gasteiger partial charge in [0.05, 0.1) is 35.8 Å². The smallest absolute Gasteiger partial charge is 0.311 e. The Morgan fingerprint density at radius 1 is 1.35 bits per heavy atom. The van der Waals surface area contributed by atoms with Gasteiger partial charge in [0.2, 0.25) is 11.8 Å². The summed E-state index contributed by atoms with van der Waals surface area (Å²) < 4.78 is 4.32. The minimum Gasteiger partial charge on any atom is -0.466 e. The summed E-state index contributed by atoms with van der Waals surface area (Å²) in [5.41, 5.74) is 0. The molecule has 0 aromatic heterocycles. The Balaban J connectivity index is 2.13. The molecular formula is C26H42N2O5S. The summed E-state index contributed by atoms with van der Waals surface area (Å²) in [5, 5.41) is 10.4. The topological polar surface area (TPSA) is 87.2 Å². The number of amides is 2. The van der Waals surface area contributed by atoms with Crippen LogP contribution in [-0.4, -0.2) is 80.6 Å². The molecule has 0 radical (unpaired) electrons. The van der Waals surface area contributed by atoms with Gasteiger partial charge in [-0.05, 0) is 39.0 Å². The third-order valence-corrected chi connectivity index (χ3v) is 10.3. The predicted molar refractivity (Wildman–Crippen MR) is 134 cm³/mol. The molecule has 34 heavy (non-hydrogen) atoms. The zero-order valence-electron chi connectivity index (χ0n) is 21.4. The molecule has 3 aliphatic heterocycles. The molecule has 2 amide bonds. The molecule has 3 fully saturated rings. The Kier molecular flexibility index (Phi) is 8.44. The Morgan fingerprint density at radius 3 is 2.62 bits per heavy atom. The van der Waals surface area contributed by atoms with E-state index in [1.54, 1.807) is 34.6 Å². The fraction of sp³-hybridized carbons (Fsp3) is 0.808. The largest absolute Gasteiger partial charge is 0.466 e. The third-order valence-electron chi connectivity index (χ3n) is 8.28. The molecule has 8 heteroatoms. The second-order valence-electron chi connectivity index (χ2n) is 10.3. The monoisotopic (exact) mass is 494 g/mol. The number of thioether (sulfide) groups is 1. The van der Waals surface area contributed by atoms with Crippen molar-refractivity contribution in [1.29, 1.82) is 0 Å². The number of aliphatic hydroxyl groups excluding tert-OH is 1. The zero-order chi connectivity index (χ0) is 25.3. The summed E-state index contributed by atoms with van der Waals surface area (Å²) in [6.45, 7) is 14.8. The van der Waals surface area contributed by atoms with Gasteiger partial charge < -0.3 is 19.6 Å². The molecule has 192 valence electrons. The molecule has 7 atom stereocenters. The maximum atomic E-state index is 14.2. The lowest BCUT2D eigenvalue weighted by Crippen LogP contribution is -2.58. The van der Waals surface area contributed by atoms with Crippen LogP contribution in [0.15, 0.2) is 12.7 Å². The van der Waals surface area contributed by atoms with E-state index in [1.165, 1.54) is 0 Å². The highest BCUT2D eigenvalue weighted by Gasteiger charge is 2.78. The van der Waals surface area contributed by atoms with E-state index in [4.69, 9.17) is 4.74 Å². The molecule has 2 unspecified atom stereocenters. The quantitative estimate of drug-likeness (QED) is 0.331. The van der Waals surface area contributed by atoms with Gasteiger partial charge in [0.1, 0.15) is 6.04 Å². The van der Waals surface area contributed by atoms with Crippen LogP contribution < -0.4 is 0 Å². The van der Waals surface area contributed by atoms with E-state index in [0.717, 1.165) is 25.7 Å². The van der Waals surface area contributed by atoms with E-state index in [1.807, 2.05) is 20.8 Å². The zero-order valence-corrected chi connectivity index (χ0v) is 22.2. The van der Waals surface area contributed by atoms with Gasteiger partial charge in [-0.15, -0.1) is 18.3 Å². The number of nitrogens with zero attached hydrogens (tertiary/aromatic N) is 2. The van der Waals surface area contributed by atoms with Gasteiger partial charge in [0.25, 0.3) is 0 Å². The summed E-state index contributed by atoms with van der Waals surface area (Å²) in [5.74, 6) is -1.80. The van der Waals surface area contributed by atoms with Crippen LogP contribution >= 0.6 is 11.8 Å². The van der Waals surface area contributed by atoms with Crippen molar-refractivity contribution in [3.05, 3.63) is 12.7 Å². The summed E-state index contributed by atoms with van der Waals surface area (Å²) >= 11 is 1.65. The molecule has 3 saturated heterocycles. The number of carbonyl (C=O) groups excluding carboxylic acids is 3. The van der Waals surface area contributed by atoms with Crippen LogP contribution in [0.4, 0.5) is 0 Å². The SMILES string of the molecule is C=CCN(CCCC)C(=O)C1N([C@@H](CO)[C@@H](C)CC)C(=O)[C@@H]2[C@H](C(=O)OCC)[C@]3(C)CCC12S3. The Bertz CT molecular complexity index is 806. The van der Waals surface area contributed by atoms with Gasteiger partial charge in [-0.1, -0.05) is 39.7 Å². The van der Waals surface area contributed by atoms with Crippen LogP contribution in [0.3, 0.4) is 0 Å². The summed E-state index contributed by atoms with van der Waals surface area (Å²) in [6, 6.07) is -1.18. The van der Waals surface area contributed by atoms with Gasteiger partial charge in [-0.3, -0.25) is 14.4 Å². The number of unbranched alkanes of at least 4 members (excludes halogenated alkanes) is 1. The second kappa shape index (κ2) is 10.6. The molecule has 1 spiro atoms. The maximum absolute atomic E-state index is 14.2. The second-order valence-corrected chi connectivity index (χ2v) is 12.2. The minimum atomic E-state index is -0.709. The molecule has 2 bridgehead atoms. The van der Waals surface area contributed by atoms with Gasteiger partial charge >= 0.3 is 5.97 Å².